The molecule has 2 rings (SSSR count). The molecule has 0 aliphatic heterocycles. The van der Waals surface area contributed by atoms with Crippen molar-refractivity contribution in [1.29, 1.82) is 0 Å². The molecule has 0 spiro atoms. The number of nitrogens with one attached hydrogen (secondary N) is 1. The van der Waals surface area contributed by atoms with E-state index < -0.39 is 0 Å². The highest BCUT2D eigenvalue weighted by molar-refractivity contribution is 9.10. The van der Waals surface area contributed by atoms with E-state index in [1.165, 1.54) is 5.56 Å². The van der Waals surface area contributed by atoms with Crippen molar-refractivity contribution in [3.63, 3.8) is 0 Å². The molecule has 0 saturated heterocycles. The Kier molecular flexibility index (Phi) is 3.94. The Hall–Kier alpha value is -1.88. The van der Waals surface area contributed by atoms with Crippen molar-refractivity contribution in [1.82, 2.24) is 5.43 Å². The van der Waals surface area contributed by atoms with E-state index in [0.717, 1.165) is 5.56 Å². The maximum atomic E-state index is 11.6. The number of carbonyl (C=O) groups is 1. The topological polar surface area (TPSA) is 54.6 Å². The maximum Gasteiger partial charge on any atom is 0.307 e. The van der Waals surface area contributed by atoms with Crippen molar-refractivity contribution in [2.45, 2.75) is 6.92 Å². The fourth-order valence-corrected chi connectivity index (χ4v) is 1.62. The fraction of sp³-hybridized carbons (Fsp3) is 0.0769. The summed E-state index contributed by atoms with van der Waals surface area (Å²) in [5.74, 6) is -0.174. The first-order valence-electron chi connectivity index (χ1n) is 5.30. The summed E-state index contributed by atoms with van der Waals surface area (Å²) in [6.07, 6.45) is 1.58. The van der Waals surface area contributed by atoms with Crippen molar-refractivity contribution in [3.8, 4) is 0 Å². The summed E-state index contributed by atoms with van der Waals surface area (Å²) in [7, 11) is 0. The molecule has 4 nitrogen and oxygen atoms in total. The van der Waals surface area contributed by atoms with Gasteiger partial charge in [0.15, 0.2) is 10.4 Å². The van der Waals surface area contributed by atoms with Crippen molar-refractivity contribution in [2.24, 2.45) is 5.10 Å². The zero-order valence-electron chi connectivity index (χ0n) is 9.68. The Labute approximate surface area is 113 Å². The number of hydrogen-bond acceptors (Lipinski definition) is 3. The number of furan rings is 1. The summed E-state index contributed by atoms with van der Waals surface area (Å²) in [5.41, 5.74) is 4.49. The summed E-state index contributed by atoms with van der Waals surface area (Å²) >= 11 is 3.13. The normalized spacial score (nSPS) is 10.8. The molecule has 18 heavy (non-hydrogen) atoms. The molecule has 0 aliphatic rings. The van der Waals surface area contributed by atoms with Crippen LogP contribution >= 0.6 is 15.9 Å². The Bertz CT molecular complexity index is 573. The molecule has 0 fully saturated rings. The van der Waals surface area contributed by atoms with Crippen molar-refractivity contribution in [3.05, 3.63) is 58.0 Å². The van der Waals surface area contributed by atoms with Crippen molar-refractivity contribution < 1.29 is 9.21 Å². The second-order valence-electron chi connectivity index (χ2n) is 3.71. The van der Waals surface area contributed by atoms with Gasteiger partial charge in [-0.3, -0.25) is 4.79 Å². The van der Waals surface area contributed by atoms with Gasteiger partial charge in [-0.25, -0.2) is 5.43 Å². The van der Waals surface area contributed by atoms with Gasteiger partial charge in [0.1, 0.15) is 0 Å². The third-order valence-electron chi connectivity index (χ3n) is 2.25. The molecular formula is C13H11BrN2O2. The molecule has 1 heterocycles. The van der Waals surface area contributed by atoms with E-state index in [-0.39, 0.29) is 11.7 Å². The van der Waals surface area contributed by atoms with E-state index in [1.807, 2.05) is 31.2 Å². The highest BCUT2D eigenvalue weighted by Crippen LogP contribution is 2.13. The van der Waals surface area contributed by atoms with E-state index in [9.17, 15) is 4.79 Å². The average Bonchev–Trinajstić information content (AvgIpc) is 2.78. The molecule has 0 aliphatic carbocycles. The molecule has 0 radical (unpaired) electrons. The number of hydrogen-bond donors (Lipinski definition) is 1. The lowest BCUT2D eigenvalue weighted by molar-refractivity contribution is 0.0926. The molecule has 2 aromatic rings. The molecule has 0 atom stereocenters. The van der Waals surface area contributed by atoms with E-state index in [1.54, 1.807) is 18.3 Å². The number of hydrazone groups is 1. The zero-order chi connectivity index (χ0) is 13.0. The Morgan fingerprint density at radius 2 is 2.00 bits per heavy atom. The van der Waals surface area contributed by atoms with Crippen molar-refractivity contribution >= 4 is 28.1 Å². The highest BCUT2D eigenvalue weighted by atomic mass is 79.9. The Balaban J connectivity index is 1.95. The maximum absolute atomic E-state index is 11.6. The summed E-state index contributed by atoms with van der Waals surface area (Å²) in [5, 5.41) is 3.86. The van der Waals surface area contributed by atoms with Crippen LogP contribution in [0.15, 0.2) is 50.6 Å². The first-order valence-corrected chi connectivity index (χ1v) is 6.10. The van der Waals surface area contributed by atoms with Crippen LogP contribution in [0.1, 0.15) is 21.7 Å². The summed E-state index contributed by atoms with van der Waals surface area (Å²) in [4.78, 5) is 11.6. The summed E-state index contributed by atoms with van der Waals surface area (Å²) in [6.45, 7) is 2.01. The first kappa shape index (κ1) is 12.6. The predicted octanol–water partition coefficient (Wildman–Crippen LogP) is 3.11. The van der Waals surface area contributed by atoms with Crippen LogP contribution < -0.4 is 5.43 Å². The van der Waals surface area contributed by atoms with Gasteiger partial charge < -0.3 is 4.42 Å². The summed E-state index contributed by atoms with van der Waals surface area (Å²) in [6, 6.07) is 11.0. The number of halogens is 1. The zero-order valence-corrected chi connectivity index (χ0v) is 11.3. The number of carbonyl (C=O) groups excluding carboxylic acids is 1. The molecule has 1 aromatic carbocycles. The van der Waals surface area contributed by atoms with Crippen LogP contribution in [0.4, 0.5) is 0 Å². The van der Waals surface area contributed by atoms with Gasteiger partial charge in [-0.15, -0.1) is 0 Å². The molecule has 0 unspecified atom stereocenters. The predicted molar refractivity (Wildman–Crippen MR) is 72.6 cm³/mol. The van der Waals surface area contributed by atoms with Gasteiger partial charge in [0.25, 0.3) is 0 Å². The second kappa shape index (κ2) is 5.64. The van der Waals surface area contributed by atoms with Crippen LogP contribution in [0, 0.1) is 6.92 Å². The largest absolute Gasteiger partial charge is 0.444 e. The van der Waals surface area contributed by atoms with Gasteiger partial charge in [-0.05, 0) is 40.5 Å². The minimum absolute atomic E-state index is 0.211. The lowest BCUT2D eigenvalue weighted by atomic mass is 10.2. The van der Waals surface area contributed by atoms with Gasteiger partial charge in [0.05, 0.1) is 6.21 Å². The molecule has 1 amide bonds. The van der Waals surface area contributed by atoms with Gasteiger partial charge >= 0.3 is 5.91 Å². The molecule has 92 valence electrons. The third-order valence-corrected chi connectivity index (χ3v) is 2.68. The minimum Gasteiger partial charge on any atom is -0.444 e. The van der Waals surface area contributed by atoms with Gasteiger partial charge in [-0.2, -0.15) is 5.10 Å². The average molecular weight is 307 g/mol. The van der Waals surface area contributed by atoms with E-state index >= 15 is 0 Å². The quantitative estimate of drug-likeness (QED) is 0.699. The van der Waals surface area contributed by atoms with Crippen LogP contribution in [0.2, 0.25) is 0 Å². The Morgan fingerprint density at radius 1 is 1.28 bits per heavy atom. The monoisotopic (exact) mass is 306 g/mol. The standard InChI is InChI=1S/C13H11BrN2O2/c1-9-2-4-10(5-3-9)8-15-16-13(17)11-6-7-12(14)18-11/h2-8H,1H3,(H,16,17). The van der Waals surface area contributed by atoms with E-state index in [4.69, 9.17) is 4.42 Å². The summed E-state index contributed by atoms with van der Waals surface area (Å²) < 4.78 is 5.60. The lowest BCUT2D eigenvalue weighted by Gasteiger charge is -1.96. The number of nitrogens with zero attached hydrogens (tertiary/aromatic N) is 1. The number of aryl methyl sites for hydroxylation is 1. The number of benzene rings is 1. The van der Waals surface area contributed by atoms with Crippen LogP contribution in [0.25, 0.3) is 0 Å². The molecule has 1 aromatic heterocycles. The van der Waals surface area contributed by atoms with Gasteiger partial charge in [0.2, 0.25) is 0 Å². The molecule has 5 heteroatoms. The lowest BCUT2D eigenvalue weighted by Crippen LogP contribution is -2.16. The van der Waals surface area contributed by atoms with Crippen LogP contribution in [-0.2, 0) is 0 Å². The second-order valence-corrected chi connectivity index (χ2v) is 4.50. The number of rotatable bonds is 3. The third kappa shape index (κ3) is 3.30. The number of amides is 1. The molecule has 0 saturated carbocycles. The van der Waals surface area contributed by atoms with Crippen molar-refractivity contribution in [2.75, 3.05) is 0 Å². The Morgan fingerprint density at radius 3 is 2.61 bits per heavy atom. The van der Waals surface area contributed by atoms with Crippen LogP contribution in [0.5, 0.6) is 0 Å². The molecule has 0 bridgehead atoms. The van der Waals surface area contributed by atoms with E-state index in [0.29, 0.717) is 4.67 Å². The molecular weight excluding hydrogens is 296 g/mol. The van der Waals surface area contributed by atoms with E-state index in [2.05, 4.69) is 26.5 Å². The SMILES string of the molecule is Cc1ccc(C=NNC(=O)c2ccc(Br)o2)cc1. The van der Waals surface area contributed by atoms with Gasteiger partial charge in [0, 0.05) is 0 Å². The van der Waals surface area contributed by atoms with Crippen LogP contribution in [0.3, 0.4) is 0 Å². The smallest absolute Gasteiger partial charge is 0.307 e. The van der Waals surface area contributed by atoms with Gasteiger partial charge in [-0.1, -0.05) is 29.8 Å². The minimum atomic E-state index is -0.385. The first-order chi connectivity index (χ1) is 8.65. The van der Waals surface area contributed by atoms with Crippen LogP contribution in [-0.4, -0.2) is 12.1 Å². The molecule has 1 N–H and O–H groups in total. The highest BCUT2D eigenvalue weighted by Gasteiger charge is 2.08. The fourth-order valence-electron chi connectivity index (χ4n) is 1.31.